The molecule has 1 aliphatic carbocycles. The van der Waals surface area contributed by atoms with Crippen LogP contribution in [0.25, 0.3) is 75.1 Å². The van der Waals surface area contributed by atoms with Crippen molar-refractivity contribution in [2.45, 2.75) is 19.3 Å². The molecule has 10 aromatic rings. The first kappa shape index (κ1) is 32.0. The summed E-state index contributed by atoms with van der Waals surface area (Å²) in [6.07, 6.45) is 0. The summed E-state index contributed by atoms with van der Waals surface area (Å²) in [6, 6.07) is 69.6. The van der Waals surface area contributed by atoms with Gasteiger partial charge >= 0.3 is 0 Å². The molecule has 0 spiro atoms. The minimum absolute atomic E-state index is 0.0982. The number of hydrogen-bond acceptors (Lipinski definition) is 2. The first-order valence-electron chi connectivity index (χ1n) is 19.1. The number of benzene rings is 9. The van der Waals surface area contributed by atoms with Crippen LogP contribution in [0.5, 0.6) is 0 Å². The first-order chi connectivity index (χ1) is 27.0. The Hall–Kier alpha value is -6.48. The van der Waals surface area contributed by atoms with Gasteiger partial charge in [-0.15, -0.1) is 11.3 Å². The van der Waals surface area contributed by atoms with Crippen LogP contribution in [0.2, 0.25) is 0 Å². The summed E-state index contributed by atoms with van der Waals surface area (Å²) >= 11 is 1.89. The van der Waals surface area contributed by atoms with Gasteiger partial charge in [0.1, 0.15) is 0 Å². The summed E-state index contributed by atoms with van der Waals surface area (Å²) in [6.45, 7) is 4.72. The van der Waals surface area contributed by atoms with E-state index in [0.29, 0.717) is 0 Å². The van der Waals surface area contributed by atoms with Gasteiger partial charge in [-0.3, -0.25) is 0 Å². The maximum Gasteiger partial charge on any atom is 0.0543 e. The normalized spacial score (nSPS) is 13.1. The molecule has 0 N–H and O–H groups in total. The van der Waals surface area contributed by atoms with Crippen molar-refractivity contribution in [2.24, 2.45) is 0 Å². The van der Waals surface area contributed by atoms with Crippen molar-refractivity contribution in [3.63, 3.8) is 0 Å². The first-order valence-corrected chi connectivity index (χ1v) is 19.9. The third-order valence-electron chi connectivity index (χ3n) is 11.9. The lowest BCUT2D eigenvalue weighted by atomic mass is 9.82. The largest absolute Gasteiger partial charge is 0.310 e. The quantitative estimate of drug-likeness (QED) is 0.171. The van der Waals surface area contributed by atoms with E-state index in [2.05, 4.69) is 207 Å². The van der Waals surface area contributed by atoms with Crippen LogP contribution in [-0.4, -0.2) is 0 Å². The van der Waals surface area contributed by atoms with Crippen LogP contribution in [0.1, 0.15) is 25.0 Å². The molecule has 0 amide bonds. The van der Waals surface area contributed by atoms with Gasteiger partial charge in [-0.2, -0.15) is 0 Å². The minimum Gasteiger partial charge on any atom is -0.310 e. The van der Waals surface area contributed by atoms with Crippen LogP contribution in [0.15, 0.2) is 188 Å². The molecular formula is C53H37NS. The zero-order valence-corrected chi connectivity index (χ0v) is 31.6. The molecule has 0 fully saturated rings. The van der Waals surface area contributed by atoms with Crippen LogP contribution in [0, 0.1) is 0 Å². The van der Waals surface area contributed by atoms with Gasteiger partial charge in [-0.1, -0.05) is 159 Å². The molecule has 260 valence electrons. The Kier molecular flexibility index (Phi) is 7.14. The Morgan fingerprint density at radius 3 is 1.96 bits per heavy atom. The summed E-state index contributed by atoms with van der Waals surface area (Å²) in [5, 5.41) is 7.78. The summed E-state index contributed by atoms with van der Waals surface area (Å²) < 4.78 is 2.69. The molecule has 0 aliphatic heterocycles. The topological polar surface area (TPSA) is 3.24 Å². The van der Waals surface area contributed by atoms with Crippen molar-refractivity contribution in [3.05, 3.63) is 199 Å². The number of anilines is 3. The van der Waals surface area contributed by atoms with Crippen molar-refractivity contribution < 1.29 is 0 Å². The lowest BCUT2D eigenvalue weighted by Crippen LogP contribution is -2.16. The second-order valence-corrected chi connectivity index (χ2v) is 16.4. The summed E-state index contributed by atoms with van der Waals surface area (Å²) in [7, 11) is 0. The fraction of sp³-hybridized carbons (Fsp3) is 0.0566. The van der Waals surface area contributed by atoms with Gasteiger partial charge in [0.05, 0.1) is 5.69 Å². The predicted octanol–water partition coefficient (Wildman–Crippen LogP) is 15.5. The second-order valence-electron chi connectivity index (χ2n) is 15.3. The summed E-state index contributed by atoms with van der Waals surface area (Å²) in [5.41, 5.74) is 13.6. The molecule has 1 aromatic heterocycles. The van der Waals surface area contributed by atoms with Crippen LogP contribution in [-0.2, 0) is 5.41 Å². The number of fused-ring (bicyclic) bond motifs is 9. The molecule has 11 rings (SSSR count). The highest BCUT2D eigenvalue weighted by Gasteiger charge is 2.37. The number of thiophene rings is 1. The fourth-order valence-electron chi connectivity index (χ4n) is 9.13. The molecule has 0 bridgehead atoms. The predicted molar refractivity (Wildman–Crippen MR) is 237 cm³/mol. The molecule has 1 aliphatic rings. The van der Waals surface area contributed by atoms with E-state index in [1.54, 1.807) is 0 Å². The Morgan fingerprint density at radius 1 is 0.418 bits per heavy atom. The third kappa shape index (κ3) is 4.99. The standard InChI is InChI=1S/C53H37NS/c1-53(2)47-21-8-7-19-45(47)51-48(53)22-11-23-49(51)54(40-16-9-15-38(32-40)42-20-10-14-35-12-3-5-17-41(35)42)39-28-24-34(25-29-39)37-27-31-50-46(33-37)44-30-26-36-13-4-6-18-43(36)52(44)55-50/h3-33H,1-2H3. The fourth-order valence-corrected chi connectivity index (χ4v) is 10.3. The van der Waals surface area contributed by atoms with Gasteiger partial charge in [0.2, 0.25) is 0 Å². The highest BCUT2D eigenvalue weighted by molar-refractivity contribution is 7.26. The van der Waals surface area contributed by atoms with Gasteiger partial charge in [0, 0.05) is 42.5 Å². The van der Waals surface area contributed by atoms with Gasteiger partial charge < -0.3 is 4.90 Å². The molecule has 1 heterocycles. The van der Waals surface area contributed by atoms with Crippen molar-refractivity contribution in [3.8, 4) is 33.4 Å². The molecular weight excluding hydrogens is 683 g/mol. The summed E-state index contributed by atoms with van der Waals surface area (Å²) in [5.74, 6) is 0. The molecule has 2 heteroatoms. The van der Waals surface area contributed by atoms with Gasteiger partial charge in [-0.25, -0.2) is 0 Å². The number of rotatable bonds is 5. The highest BCUT2D eigenvalue weighted by atomic mass is 32.1. The van der Waals surface area contributed by atoms with E-state index < -0.39 is 0 Å². The molecule has 9 aromatic carbocycles. The maximum atomic E-state index is 2.47. The van der Waals surface area contributed by atoms with Crippen molar-refractivity contribution in [1.29, 1.82) is 0 Å². The Labute approximate surface area is 325 Å². The molecule has 0 saturated heterocycles. The van der Waals surface area contributed by atoms with E-state index in [-0.39, 0.29) is 5.41 Å². The third-order valence-corrected chi connectivity index (χ3v) is 13.1. The molecule has 1 nitrogen and oxygen atoms in total. The zero-order chi connectivity index (χ0) is 36.7. The maximum absolute atomic E-state index is 2.47. The van der Waals surface area contributed by atoms with E-state index in [1.807, 2.05) is 11.3 Å². The van der Waals surface area contributed by atoms with Crippen LogP contribution in [0.4, 0.5) is 17.1 Å². The molecule has 0 atom stereocenters. The van der Waals surface area contributed by atoms with E-state index in [4.69, 9.17) is 0 Å². The van der Waals surface area contributed by atoms with Crippen molar-refractivity contribution in [1.82, 2.24) is 0 Å². The number of nitrogens with zero attached hydrogens (tertiary/aromatic N) is 1. The molecule has 0 saturated carbocycles. The molecule has 0 unspecified atom stereocenters. The summed E-state index contributed by atoms with van der Waals surface area (Å²) in [4.78, 5) is 2.47. The van der Waals surface area contributed by atoms with Gasteiger partial charge in [0.25, 0.3) is 0 Å². The monoisotopic (exact) mass is 719 g/mol. The lowest BCUT2D eigenvalue weighted by Gasteiger charge is -2.29. The van der Waals surface area contributed by atoms with Crippen molar-refractivity contribution in [2.75, 3.05) is 4.90 Å². The second kappa shape index (κ2) is 12.3. The van der Waals surface area contributed by atoms with Gasteiger partial charge in [-0.05, 0) is 103 Å². The Balaban J connectivity index is 1.07. The van der Waals surface area contributed by atoms with Crippen LogP contribution >= 0.6 is 11.3 Å². The lowest BCUT2D eigenvalue weighted by molar-refractivity contribution is 0.660. The van der Waals surface area contributed by atoms with E-state index in [9.17, 15) is 0 Å². The van der Waals surface area contributed by atoms with E-state index >= 15 is 0 Å². The Bertz CT molecular complexity index is 3120. The Morgan fingerprint density at radius 2 is 1.09 bits per heavy atom. The van der Waals surface area contributed by atoms with E-state index in [0.717, 1.165) is 11.4 Å². The average Bonchev–Trinajstić information content (AvgIpc) is 3.73. The van der Waals surface area contributed by atoms with E-state index in [1.165, 1.54) is 91.9 Å². The SMILES string of the molecule is CC1(C)c2ccccc2-c2c(N(c3ccc(-c4ccc5sc6c7ccccc7ccc6c5c4)cc3)c3cccc(-c4cccc5ccccc45)c3)cccc21. The molecule has 0 radical (unpaired) electrons. The highest BCUT2D eigenvalue weighted by Crippen LogP contribution is 2.54. The van der Waals surface area contributed by atoms with Crippen molar-refractivity contribution >= 4 is 70.1 Å². The van der Waals surface area contributed by atoms with Gasteiger partial charge in [0.15, 0.2) is 0 Å². The average molecular weight is 720 g/mol. The molecule has 55 heavy (non-hydrogen) atoms. The van der Waals surface area contributed by atoms with Crippen LogP contribution in [0.3, 0.4) is 0 Å². The smallest absolute Gasteiger partial charge is 0.0543 e. The zero-order valence-electron chi connectivity index (χ0n) is 30.8. The number of hydrogen-bond donors (Lipinski definition) is 0. The van der Waals surface area contributed by atoms with Crippen LogP contribution < -0.4 is 4.90 Å². The minimum atomic E-state index is -0.0982.